The van der Waals surface area contributed by atoms with Gasteiger partial charge in [0.2, 0.25) is 0 Å². The molecule has 1 N–H and O–H groups in total. The van der Waals surface area contributed by atoms with Crippen molar-refractivity contribution < 1.29 is 14.3 Å². The molecule has 3 aliphatic heterocycles. The molecular weight excluding hydrogens is 328 g/mol. The smallest absolute Gasteiger partial charge is 0.337 e. The van der Waals surface area contributed by atoms with Crippen LogP contribution in [0.5, 0.6) is 0 Å². The number of nitrogens with zero attached hydrogens (tertiary/aromatic N) is 1. The summed E-state index contributed by atoms with van der Waals surface area (Å²) in [6.45, 7) is 4.13. The average Bonchev–Trinajstić information content (AvgIpc) is 3.06. The molecule has 5 nitrogen and oxygen atoms in total. The van der Waals surface area contributed by atoms with Crippen LogP contribution in [0.3, 0.4) is 0 Å². The fourth-order valence-electron chi connectivity index (χ4n) is 5.19. The molecule has 3 aliphatic rings. The third-order valence-electron chi connectivity index (χ3n) is 6.54. The molecule has 5 rings (SSSR count). The molecule has 0 radical (unpaired) electrons. The maximum absolute atomic E-state index is 12.3. The number of benzene rings is 1. The maximum atomic E-state index is 12.3. The van der Waals surface area contributed by atoms with Crippen LogP contribution in [0.15, 0.2) is 36.1 Å². The van der Waals surface area contributed by atoms with Crippen molar-refractivity contribution in [3.05, 3.63) is 47.4 Å². The summed E-state index contributed by atoms with van der Waals surface area (Å²) in [6, 6.07) is 8.88. The number of ether oxygens (including phenoxy) is 2. The van der Waals surface area contributed by atoms with Crippen molar-refractivity contribution in [2.45, 2.75) is 31.9 Å². The van der Waals surface area contributed by atoms with E-state index in [4.69, 9.17) is 9.47 Å². The molecule has 0 amide bonds. The molecule has 0 bridgehead atoms. The number of nitrogens with one attached hydrogen (secondary N) is 1. The van der Waals surface area contributed by atoms with Crippen LogP contribution in [0.4, 0.5) is 0 Å². The minimum Gasteiger partial charge on any atom is -0.497 e. The second-order valence-corrected chi connectivity index (χ2v) is 7.74. The molecule has 1 aromatic heterocycles. The quantitative estimate of drug-likeness (QED) is 0.801. The summed E-state index contributed by atoms with van der Waals surface area (Å²) in [6.07, 6.45) is 3.77. The molecule has 2 unspecified atom stereocenters. The fourth-order valence-corrected chi connectivity index (χ4v) is 5.19. The van der Waals surface area contributed by atoms with Crippen LogP contribution in [0, 0.1) is 11.8 Å². The molecular formula is C21H24N2O3. The van der Waals surface area contributed by atoms with E-state index in [1.807, 2.05) is 0 Å². The first-order valence-corrected chi connectivity index (χ1v) is 9.44. The summed E-state index contributed by atoms with van der Waals surface area (Å²) in [7, 11) is 1.45. The molecule has 1 aromatic carbocycles. The zero-order valence-corrected chi connectivity index (χ0v) is 15.2. The van der Waals surface area contributed by atoms with Crippen molar-refractivity contribution in [2.75, 3.05) is 20.2 Å². The van der Waals surface area contributed by atoms with E-state index in [9.17, 15) is 4.79 Å². The fraction of sp³-hybridized carbons (Fsp3) is 0.476. The number of aromatic amines is 1. The topological polar surface area (TPSA) is 54.6 Å². The molecule has 0 spiro atoms. The third-order valence-corrected chi connectivity index (χ3v) is 6.54. The Morgan fingerprint density at radius 2 is 2.19 bits per heavy atom. The van der Waals surface area contributed by atoms with E-state index < -0.39 is 0 Å². The van der Waals surface area contributed by atoms with Gasteiger partial charge in [0.15, 0.2) is 0 Å². The van der Waals surface area contributed by atoms with Crippen molar-refractivity contribution in [2.24, 2.45) is 11.8 Å². The summed E-state index contributed by atoms with van der Waals surface area (Å²) in [5.41, 5.74) is 4.69. The zero-order valence-electron chi connectivity index (χ0n) is 15.2. The van der Waals surface area contributed by atoms with Crippen LogP contribution in [-0.2, 0) is 20.7 Å². The maximum Gasteiger partial charge on any atom is 0.337 e. The number of rotatable bonds is 1. The number of aromatic nitrogens is 1. The number of hydrogen-bond donors (Lipinski definition) is 1. The van der Waals surface area contributed by atoms with Crippen molar-refractivity contribution >= 4 is 16.9 Å². The second kappa shape index (κ2) is 5.88. The first kappa shape index (κ1) is 15.9. The van der Waals surface area contributed by atoms with Gasteiger partial charge in [-0.1, -0.05) is 18.2 Å². The normalized spacial score (nSPS) is 30.6. The lowest BCUT2D eigenvalue weighted by molar-refractivity contribution is -0.139. The number of carbonyl (C=O) groups is 1. The monoisotopic (exact) mass is 352 g/mol. The van der Waals surface area contributed by atoms with E-state index in [-0.39, 0.29) is 18.0 Å². The second-order valence-electron chi connectivity index (χ2n) is 7.74. The number of H-pyrrole nitrogens is 1. The summed E-state index contributed by atoms with van der Waals surface area (Å²) >= 11 is 0. The largest absolute Gasteiger partial charge is 0.497 e. The van der Waals surface area contributed by atoms with Gasteiger partial charge in [0.25, 0.3) is 0 Å². The van der Waals surface area contributed by atoms with Crippen LogP contribution in [0.25, 0.3) is 10.9 Å². The molecule has 26 heavy (non-hydrogen) atoms. The average molecular weight is 352 g/mol. The Morgan fingerprint density at radius 1 is 1.35 bits per heavy atom. The van der Waals surface area contributed by atoms with E-state index in [0.29, 0.717) is 17.5 Å². The van der Waals surface area contributed by atoms with Gasteiger partial charge in [0, 0.05) is 41.5 Å². The van der Waals surface area contributed by atoms with Crippen LogP contribution in [0.2, 0.25) is 0 Å². The van der Waals surface area contributed by atoms with Gasteiger partial charge in [-0.25, -0.2) is 4.79 Å². The highest BCUT2D eigenvalue weighted by molar-refractivity contribution is 5.89. The number of esters is 1. The van der Waals surface area contributed by atoms with E-state index in [1.54, 1.807) is 6.26 Å². The number of piperidine rings is 1. The zero-order chi connectivity index (χ0) is 17.8. The van der Waals surface area contributed by atoms with Gasteiger partial charge >= 0.3 is 5.97 Å². The molecule has 136 valence electrons. The number of para-hydroxylation sites is 1. The minimum atomic E-state index is -0.256. The molecule has 5 heteroatoms. The van der Waals surface area contributed by atoms with Crippen LogP contribution < -0.4 is 0 Å². The Bertz CT molecular complexity index is 900. The van der Waals surface area contributed by atoms with E-state index in [0.717, 1.165) is 25.9 Å². The Morgan fingerprint density at radius 3 is 3.04 bits per heavy atom. The highest BCUT2D eigenvalue weighted by Crippen LogP contribution is 2.47. The Hall–Kier alpha value is -2.27. The van der Waals surface area contributed by atoms with E-state index in [2.05, 4.69) is 41.1 Å². The molecule has 1 saturated heterocycles. The van der Waals surface area contributed by atoms with Crippen LogP contribution in [0.1, 0.15) is 30.6 Å². The van der Waals surface area contributed by atoms with Crippen molar-refractivity contribution in [1.29, 1.82) is 0 Å². The molecule has 4 heterocycles. The SMILES string of the molecule is COC(=O)C1=CO[C@H](C)C2CN3CCc4c([nH]c5ccccc45)[C@H]3CC12. The minimum absolute atomic E-state index is 0.124. The van der Waals surface area contributed by atoms with Crippen LogP contribution >= 0.6 is 0 Å². The number of hydrogen-bond acceptors (Lipinski definition) is 4. The van der Waals surface area contributed by atoms with E-state index >= 15 is 0 Å². The Balaban J connectivity index is 1.55. The van der Waals surface area contributed by atoms with Gasteiger partial charge in [0.05, 0.1) is 31.1 Å². The Labute approximate surface area is 153 Å². The molecule has 1 fully saturated rings. The van der Waals surface area contributed by atoms with Crippen molar-refractivity contribution in [1.82, 2.24) is 9.88 Å². The number of carbonyl (C=O) groups excluding carboxylic acids is 1. The third kappa shape index (κ3) is 2.23. The van der Waals surface area contributed by atoms with Gasteiger partial charge in [-0.15, -0.1) is 0 Å². The van der Waals surface area contributed by atoms with Gasteiger partial charge in [-0.05, 0) is 31.4 Å². The first-order valence-electron chi connectivity index (χ1n) is 9.44. The summed E-state index contributed by atoms with van der Waals surface area (Å²) < 4.78 is 10.8. The van der Waals surface area contributed by atoms with Crippen LogP contribution in [-0.4, -0.2) is 42.2 Å². The predicted molar refractivity (Wildman–Crippen MR) is 98.6 cm³/mol. The highest BCUT2D eigenvalue weighted by Gasteiger charge is 2.46. The van der Waals surface area contributed by atoms with Crippen molar-refractivity contribution in [3.8, 4) is 0 Å². The molecule has 0 aliphatic carbocycles. The van der Waals surface area contributed by atoms with E-state index in [1.165, 1.54) is 29.3 Å². The predicted octanol–water partition coefficient (Wildman–Crippen LogP) is 3.18. The highest BCUT2D eigenvalue weighted by atomic mass is 16.5. The van der Waals surface area contributed by atoms with Crippen molar-refractivity contribution in [3.63, 3.8) is 0 Å². The lowest BCUT2D eigenvalue weighted by Crippen LogP contribution is -2.51. The number of methoxy groups -OCH3 is 1. The lowest BCUT2D eigenvalue weighted by atomic mass is 9.72. The molecule has 4 atom stereocenters. The van der Waals surface area contributed by atoms with Gasteiger partial charge in [0.1, 0.15) is 0 Å². The van der Waals surface area contributed by atoms with Gasteiger partial charge < -0.3 is 14.5 Å². The molecule has 2 aromatic rings. The van der Waals surface area contributed by atoms with Gasteiger partial charge in [-0.3, -0.25) is 4.90 Å². The standard InChI is InChI=1S/C21H24N2O3/c1-12-16-10-23-8-7-14-13-5-3-4-6-18(13)22-20(14)19(23)9-15(16)17(11-26-12)21(24)25-2/h3-6,11-12,15-16,19,22H,7-10H2,1-2H3/t12-,15?,16?,19-/m1/s1. The summed E-state index contributed by atoms with van der Waals surface area (Å²) in [4.78, 5) is 18.5. The summed E-state index contributed by atoms with van der Waals surface area (Å²) in [5.74, 6) is 0.258. The molecule has 0 saturated carbocycles. The first-order chi connectivity index (χ1) is 12.7. The summed E-state index contributed by atoms with van der Waals surface area (Å²) in [5, 5.41) is 1.34. The lowest BCUT2D eigenvalue weighted by Gasteiger charge is -2.49. The van der Waals surface area contributed by atoms with Gasteiger partial charge in [-0.2, -0.15) is 0 Å². The Kier molecular flexibility index (Phi) is 3.60. The number of fused-ring (bicyclic) bond motifs is 6.